The number of benzene rings is 1. The van der Waals surface area contributed by atoms with Gasteiger partial charge in [0.2, 0.25) is 5.43 Å². The van der Waals surface area contributed by atoms with E-state index in [1.165, 1.54) is 11.0 Å². The van der Waals surface area contributed by atoms with Crippen LogP contribution >= 0.6 is 11.6 Å². The second-order valence-electron chi connectivity index (χ2n) is 6.16. The quantitative estimate of drug-likeness (QED) is 0.911. The van der Waals surface area contributed by atoms with Crippen LogP contribution in [0.4, 0.5) is 4.39 Å². The van der Waals surface area contributed by atoms with Crippen molar-refractivity contribution in [3.63, 3.8) is 0 Å². The first-order valence-electron chi connectivity index (χ1n) is 7.47. The van der Waals surface area contributed by atoms with Crippen LogP contribution in [0.15, 0.2) is 23.1 Å². The zero-order chi connectivity index (χ0) is 16.3. The normalized spacial score (nSPS) is 18.3. The molecule has 2 aliphatic rings. The van der Waals surface area contributed by atoms with E-state index in [2.05, 4.69) is 0 Å². The third-order valence-corrected chi connectivity index (χ3v) is 4.68. The van der Waals surface area contributed by atoms with Gasteiger partial charge in [0.15, 0.2) is 0 Å². The van der Waals surface area contributed by atoms with Crippen LogP contribution in [0.1, 0.15) is 29.2 Å². The summed E-state index contributed by atoms with van der Waals surface area (Å²) >= 11 is 5.84. The van der Waals surface area contributed by atoms with Gasteiger partial charge in [0.1, 0.15) is 11.4 Å². The Bertz CT molecular complexity index is 885. The molecule has 1 saturated carbocycles. The molecule has 0 atom stereocenters. The molecule has 1 N–H and O–H groups in total. The third kappa shape index (κ3) is 2.33. The highest BCUT2D eigenvalue weighted by Gasteiger charge is 2.33. The van der Waals surface area contributed by atoms with Gasteiger partial charge in [-0.1, -0.05) is 11.6 Å². The molecule has 0 bridgehead atoms. The number of nitrogens with zero attached hydrogens (tertiary/aromatic N) is 2. The molecule has 0 spiro atoms. The molecule has 1 aromatic heterocycles. The van der Waals surface area contributed by atoms with Crippen molar-refractivity contribution in [3.05, 3.63) is 45.0 Å². The van der Waals surface area contributed by atoms with Gasteiger partial charge < -0.3 is 14.6 Å². The number of carbonyl (C=O) groups excluding carboxylic acids is 1. The lowest BCUT2D eigenvalue weighted by Crippen LogP contribution is -2.54. The molecular weight excluding hydrogens is 323 g/mol. The van der Waals surface area contributed by atoms with Crippen molar-refractivity contribution < 1.29 is 14.3 Å². The van der Waals surface area contributed by atoms with Crippen molar-refractivity contribution in [1.82, 2.24) is 9.47 Å². The van der Waals surface area contributed by atoms with Crippen molar-refractivity contribution >= 4 is 28.4 Å². The van der Waals surface area contributed by atoms with Crippen LogP contribution in [0, 0.1) is 5.82 Å². The van der Waals surface area contributed by atoms with Gasteiger partial charge >= 0.3 is 0 Å². The van der Waals surface area contributed by atoms with E-state index in [4.69, 9.17) is 11.6 Å². The molecule has 2 fully saturated rings. The highest BCUT2D eigenvalue weighted by molar-refractivity contribution is 6.31. The van der Waals surface area contributed by atoms with Gasteiger partial charge in [-0.05, 0) is 25.0 Å². The van der Waals surface area contributed by atoms with Gasteiger partial charge in [0, 0.05) is 30.7 Å². The second-order valence-corrected chi connectivity index (χ2v) is 6.56. The number of halogens is 2. The lowest BCUT2D eigenvalue weighted by molar-refractivity contribution is 0.00577. The average Bonchev–Trinajstić information content (AvgIpc) is 3.30. The minimum atomic E-state index is -0.678. The Kier molecular flexibility index (Phi) is 3.21. The number of aromatic nitrogens is 1. The molecule has 1 aliphatic heterocycles. The maximum Gasteiger partial charge on any atom is 0.259 e. The smallest absolute Gasteiger partial charge is 0.259 e. The monoisotopic (exact) mass is 336 g/mol. The molecule has 1 aromatic carbocycles. The zero-order valence-corrected chi connectivity index (χ0v) is 12.9. The maximum atomic E-state index is 13.8. The number of aliphatic hydroxyl groups is 1. The Hall–Kier alpha value is -1.92. The molecule has 4 rings (SSSR count). The Morgan fingerprint density at radius 2 is 2.00 bits per heavy atom. The minimum Gasteiger partial charge on any atom is -0.389 e. The molecule has 120 valence electrons. The highest BCUT2D eigenvalue weighted by atomic mass is 35.5. The standard InChI is InChI=1S/C16H14ClFN2O3/c17-12-4-14-10(3-13(12)18)15(22)11(7-20(14)8-1-2-8)16(23)19-5-9(21)6-19/h3-4,7-9,21H,1-2,5-6H2. The average molecular weight is 337 g/mol. The summed E-state index contributed by atoms with van der Waals surface area (Å²) in [6.07, 6.45) is 2.90. The predicted octanol–water partition coefficient (Wildman–Crippen LogP) is 1.95. The molecule has 7 heteroatoms. The van der Waals surface area contributed by atoms with Gasteiger partial charge in [0.05, 0.1) is 16.6 Å². The molecule has 1 amide bonds. The van der Waals surface area contributed by atoms with Crippen LogP contribution in [0.2, 0.25) is 5.02 Å². The van der Waals surface area contributed by atoms with Gasteiger partial charge in [-0.15, -0.1) is 0 Å². The van der Waals surface area contributed by atoms with Crippen LogP contribution < -0.4 is 5.43 Å². The van der Waals surface area contributed by atoms with Crippen molar-refractivity contribution in [2.75, 3.05) is 13.1 Å². The second kappa shape index (κ2) is 5.04. The summed E-state index contributed by atoms with van der Waals surface area (Å²) in [4.78, 5) is 26.5. The summed E-state index contributed by atoms with van der Waals surface area (Å²) in [5.41, 5.74) is 0.0565. The van der Waals surface area contributed by atoms with Crippen LogP contribution in [0.3, 0.4) is 0 Å². The minimum absolute atomic E-state index is 0.0121. The number of carbonyl (C=O) groups is 1. The highest BCUT2D eigenvalue weighted by Crippen LogP contribution is 2.37. The molecular formula is C16H14ClFN2O3. The molecule has 2 aromatic rings. The van der Waals surface area contributed by atoms with Crippen molar-refractivity contribution in [3.8, 4) is 0 Å². The van der Waals surface area contributed by atoms with Crippen LogP contribution in [-0.2, 0) is 0 Å². The van der Waals surface area contributed by atoms with Crippen molar-refractivity contribution in [2.24, 2.45) is 0 Å². The number of fused-ring (bicyclic) bond motifs is 1. The number of rotatable bonds is 2. The summed E-state index contributed by atoms with van der Waals surface area (Å²) in [5.74, 6) is -1.10. The van der Waals surface area contributed by atoms with Gasteiger partial charge in [0.25, 0.3) is 5.91 Å². The molecule has 2 heterocycles. The van der Waals surface area contributed by atoms with E-state index in [0.29, 0.717) is 5.52 Å². The Balaban J connectivity index is 1.91. The van der Waals surface area contributed by atoms with E-state index >= 15 is 0 Å². The first kappa shape index (κ1) is 14.7. The summed E-state index contributed by atoms with van der Waals surface area (Å²) in [5, 5.41) is 9.45. The number of hydrogen-bond acceptors (Lipinski definition) is 3. The Morgan fingerprint density at radius 1 is 1.30 bits per heavy atom. The molecule has 1 saturated heterocycles. The van der Waals surface area contributed by atoms with E-state index in [0.717, 1.165) is 18.9 Å². The first-order valence-corrected chi connectivity index (χ1v) is 7.84. The van der Waals surface area contributed by atoms with Crippen molar-refractivity contribution in [2.45, 2.75) is 25.0 Å². The predicted molar refractivity (Wildman–Crippen MR) is 83.4 cm³/mol. The largest absolute Gasteiger partial charge is 0.389 e. The maximum absolute atomic E-state index is 13.8. The SMILES string of the molecule is O=C(c1cn(C2CC2)c2cc(Cl)c(F)cc2c1=O)N1CC(O)C1. The molecule has 0 radical (unpaired) electrons. The van der Waals surface area contributed by atoms with Gasteiger partial charge in [-0.2, -0.15) is 0 Å². The molecule has 23 heavy (non-hydrogen) atoms. The molecule has 1 aliphatic carbocycles. The van der Waals surface area contributed by atoms with Crippen molar-refractivity contribution in [1.29, 1.82) is 0 Å². The van der Waals surface area contributed by atoms with E-state index in [9.17, 15) is 19.1 Å². The fourth-order valence-electron chi connectivity index (χ4n) is 2.94. The summed E-state index contributed by atoms with van der Waals surface area (Å²) in [6, 6.07) is 2.74. The van der Waals surface area contributed by atoms with Crippen LogP contribution in [0.5, 0.6) is 0 Å². The number of pyridine rings is 1. The zero-order valence-electron chi connectivity index (χ0n) is 12.1. The van der Waals surface area contributed by atoms with E-state index in [1.807, 2.05) is 4.57 Å². The van der Waals surface area contributed by atoms with Crippen LogP contribution in [0.25, 0.3) is 10.9 Å². The fraction of sp³-hybridized carbons (Fsp3) is 0.375. The number of amides is 1. The Morgan fingerprint density at radius 3 is 2.61 bits per heavy atom. The molecule has 0 unspecified atom stereocenters. The number of β-amino-alcohol motifs (C(OH)–C–C–N with tert-alkyl or cyclic N) is 1. The summed E-state index contributed by atoms with van der Waals surface area (Å²) < 4.78 is 15.6. The Labute approximate surface area is 135 Å². The summed E-state index contributed by atoms with van der Waals surface area (Å²) in [7, 11) is 0. The number of aliphatic hydroxyl groups excluding tert-OH is 1. The van der Waals surface area contributed by atoms with Gasteiger partial charge in [-0.25, -0.2) is 4.39 Å². The van der Waals surface area contributed by atoms with Crippen LogP contribution in [-0.4, -0.2) is 39.7 Å². The van der Waals surface area contributed by atoms with Gasteiger partial charge in [-0.3, -0.25) is 9.59 Å². The number of hydrogen-bond donors (Lipinski definition) is 1. The fourth-order valence-corrected chi connectivity index (χ4v) is 3.10. The molecule has 5 nitrogen and oxygen atoms in total. The number of likely N-dealkylation sites (tertiary alicyclic amines) is 1. The lowest BCUT2D eigenvalue weighted by Gasteiger charge is -2.35. The topological polar surface area (TPSA) is 62.5 Å². The lowest BCUT2D eigenvalue weighted by atomic mass is 10.1. The summed E-state index contributed by atoms with van der Waals surface area (Å²) in [6.45, 7) is 0.434. The van der Waals surface area contributed by atoms with E-state index in [1.54, 1.807) is 6.20 Å². The van der Waals surface area contributed by atoms with E-state index in [-0.39, 0.29) is 35.1 Å². The van der Waals surface area contributed by atoms with E-state index < -0.39 is 23.3 Å². The third-order valence-electron chi connectivity index (χ3n) is 4.39. The first-order chi connectivity index (χ1) is 11.0.